The maximum atomic E-state index is 12.1. The van der Waals surface area contributed by atoms with Crippen LogP contribution < -0.4 is 11.1 Å². The lowest BCUT2D eigenvalue weighted by Crippen LogP contribution is -2.13. The Morgan fingerprint density at radius 3 is 2.89 bits per heavy atom. The van der Waals surface area contributed by atoms with Crippen molar-refractivity contribution in [2.24, 2.45) is 5.73 Å². The molecule has 2 rings (SSSR count). The van der Waals surface area contributed by atoms with Gasteiger partial charge in [0.05, 0.1) is 12.1 Å². The molecule has 0 atom stereocenters. The van der Waals surface area contributed by atoms with Crippen LogP contribution in [0.3, 0.4) is 0 Å². The van der Waals surface area contributed by atoms with E-state index < -0.39 is 0 Å². The lowest BCUT2D eigenvalue weighted by Gasteiger charge is -2.03. The summed E-state index contributed by atoms with van der Waals surface area (Å²) in [6.07, 6.45) is 0. The minimum absolute atomic E-state index is 0.252. The standard InChI is InChI=1S/C13H12N4OS/c1-9-16-17-13(19-9)15-12(18)11-7-3-2-5-10(11)6-4-8-14/h2-3,5,7H,8,14H2,1H3,(H,15,17,18). The minimum Gasteiger partial charge on any atom is -0.320 e. The minimum atomic E-state index is -0.252. The molecule has 0 aliphatic heterocycles. The number of anilines is 1. The van der Waals surface area contributed by atoms with Crippen molar-refractivity contribution in [3.63, 3.8) is 0 Å². The number of nitrogens with two attached hydrogens (primary N) is 1. The van der Waals surface area contributed by atoms with Crippen LogP contribution in [-0.2, 0) is 0 Å². The molecule has 0 fully saturated rings. The van der Waals surface area contributed by atoms with E-state index in [1.807, 2.05) is 13.0 Å². The predicted molar refractivity (Wildman–Crippen MR) is 75.0 cm³/mol. The predicted octanol–water partition coefficient (Wildman–Crippen LogP) is 1.41. The van der Waals surface area contributed by atoms with E-state index >= 15 is 0 Å². The summed E-state index contributed by atoms with van der Waals surface area (Å²) < 4.78 is 0. The van der Waals surface area contributed by atoms with Crippen LogP contribution in [0.4, 0.5) is 5.13 Å². The van der Waals surface area contributed by atoms with Gasteiger partial charge in [-0.2, -0.15) is 0 Å². The van der Waals surface area contributed by atoms with Crippen molar-refractivity contribution in [2.45, 2.75) is 6.92 Å². The first-order valence-corrected chi connectivity index (χ1v) is 6.42. The van der Waals surface area contributed by atoms with Gasteiger partial charge in [0, 0.05) is 5.56 Å². The van der Waals surface area contributed by atoms with Gasteiger partial charge in [0.15, 0.2) is 0 Å². The van der Waals surface area contributed by atoms with E-state index in [4.69, 9.17) is 5.73 Å². The molecule has 0 spiro atoms. The van der Waals surface area contributed by atoms with Gasteiger partial charge in [-0.25, -0.2) is 0 Å². The summed E-state index contributed by atoms with van der Waals surface area (Å²) >= 11 is 1.32. The zero-order valence-electron chi connectivity index (χ0n) is 10.3. The van der Waals surface area contributed by atoms with E-state index in [2.05, 4.69) is 27.4 Å². The average Bonchev–Trinajstić information content (AvgIpc) is 2.82. The average molecular weight is 272 g/mol. The van der Waals surface area contributed by atoms with Gasteiger partial charge in [-0.05, 0) is 19.1 Å². The number of amides is 1. The van der Waals surface area contributed by atoms with Crippen LogP contribution in [0, 0.1) is 18.8 Å². The van der Waals surface area contributed by atoms with Gasteiger partial charge >= 0.3 is 0 Å². The van der Waals surface area contributed by atoms with Crippen LogP contribution in [0.15, 0.2) is 24.3 Å². The molecule has 6 heteroatoms. The summed E-state index contributed by atoms with van der Waals surface area (Å²) in [4.78, 5) is 12.1. The number of nitrogens with one attached hydrogen (secondary N) is 1. The van der Waals surface area contributed by atoms with Crippen LogP contribution >= 0.6 is 11.3 Å². The van der Waals surface area contributed by atoms with E-state index in [0.717, 1.165) is 5.01 Å². The molecule has 0 aliphatic carbocycles. The Morgan fingerprint density at radius 2 is 2.21 bits per heavy atom. The third-order valence-corrected chi connectivity index (χ3v) is 3.00. The molecule has 1 aromatic carbocycles. The number of hydrogen-bond acceptors (Lipinski definition) is 5. The molecule has 0 radical (unpaired) electrons. The summed E-state index contributed by atoms with van der Waals surface area (Å²) in [6, 6.07) is 7.10. The first-order chi connectivity index (χ1) is 9.20. The Labute approximate surface area is 114 Å². The van der Waals surface area contributed by atoms with Gasteiger partial charge in [-0.1, -0.05) is 35.3 Å². The highest BCUT2D eigenvalue weighted by Crippen LogP contribution is 2.16. The number of rotatable bonds is 2. The van der Waals surface area contributed by atoms with Crippen molar-refractivity contribution in [2.75, 3.05) is 11.9 Å². The Hall–Kier alpha value is -2.23. The fourth-order valence-electron chi connectivity index (χ4n) is 1.45. The van der Waals surface area contributed by atoms with Crippen LogP contribution in [0.1, 0.15) is 20.9 Å². The van der Waals surface area contributed by atoms with E-state index in [9.17, 15) is 4.79 Å². The van der Waals surface area contributed by atoms with Gasteiger partial charge in [0.2, 0.25) is 5.13 Å². The second-order valence-corrected chi connectivity index (χ2v) is 4.81. The highest BCUT2D eigenvalue weighted by atomic mass is 32.1. The zero-order chi connectivity index (χ0) is 13.7. The molecule has 0 saturated carbocycles. The summed E-state index contributed by atoms with van der Waals surface area (Å²) in [6.45, 7) is 2.08. The number of carbonyl (C=O) groups is 1. The second kappa shape index (κ2) is 6.09. The van der Waals surface area contributed by atoms with Crippen LogP contribution in [0.2, 0.25) is 0 Å². The number of aryl methyl sites for hydroxylation is 1. The first kappa shape index (κ1) is 13.2. The SMILES string of the molecule is Cc1nnc(NC(=O)c2ccccc2C#CCN)s1. The molecule has 0 saturated heterocycles. The Kier molecular flexibility index (Phi) is 4.23. The van der Waals surface area contributed by atoms with Crippen molar-refractivity contribution in [3.8, 4) is 11.8 Å². The number of nitrogens with zero attached hydrogens (tertiary/aromatic N) is 2. The van der Waals surface area contributed by atoms with E-state index in [0.29, 0.717) is 16.3 Å². The zero-order valence-corrected chi connectivity index (χ0v) is 11.1. The highest BCUT2D eigenvalue weighted by Gasteiger charge is 2.11. The van der Waals surface area contributed by atoms with Crippen LogP contribution in [0.25, 0.3) is 0 Å². The van der Waals surface area contributed by atoms with Crippen LogP contribution in [0.5, 0.6) is 0 Å². The summed E-state index contributed by atoms with van der Waals surface area (Å²) in [5, 5.41) is 11.7. The quantitative estimate of drug-likeness (QED) is 0.810. The van der Waals surface area contributed by atoms with Crippen molar-refractivity contribution in [3.05, 3.63) is 40.4 Å². The maximum Gasteiger partial charge on any atom is 0.258 e. The van der Waals surface area contributed by atoms with E-state index in [-0.39, 0.29) is 12.5 Å². The largest absolute Gasteiger partial charge is 0.320 e. The van der Waals surface area contributed by atoms with Gasteiger partial charge in [-0.15, -0.1) is 10.2 Å². The number of benzene rings is 1. The smallest absolute Gasteiger partial charge is 0.258 e. The van der Waals surface area contributed by atoms with Crippen molar-refractivity contribution < 1.29 is 4.79 Å². The molecule has 96 valence electrons. The molecule has 1 amide bonds. The second-order valence-electron chi connectivity index (χ2n) is 3.63. The molecule has 2 aromatic rings. The topological polar surface area (TPSA) is 80.9 Å². The Balaban J connectivity index is 2.23. The highest BCUT2D eigenvalue weighted by molar-refractivity contribution is 7.15. The molecule has 19 heavy (non-hydrogen) atoms. The molecule has 3 N–H and O–H groups in total. The number of aromatic nitrogens is 2. The van der Waals surface area contributed by atoms with Gasteiger partial charge in [0.1, 0.15) is 5.01 Å². The molecular weight excluding hydrogens is 260 g/mol. The van der Waals surface area contributed by atoms with Crippen molar-refractivity contribution >= 4 is 22.4 Å². The summed E-state index contributed by atoms with van der Waals surface area (Å²) in [7, 11) is 0. The lowest BCUT2D eigenvalue weighted by molar-refractivity contribution is 0.102. The number of hydrogen-bond donors (Lipinski definition) is 2. The van der Waals surface area contributed by atoms with Crippen molar-refractivity contribution in [1.82, 2.24) is 10.2 Å². The summed E-state index contributed by atoms with van der Waals surface area (Å²) in [5.41, 5.74) is 6.48. The fraction of sp³-hybridized carbons (Fsp3) is 0.154. The van der Waals surface area contributed by atoms with Gasteiger partial charge < -0.3 is 5.73 Å². The van der Waals surface area contributed by atoms with E-state index in [1.54, 1.807) is 18.2 Å². The molecule has 1 aromatic heterocycles. The van der Waals surface area contributed by atoms with E-state index in [1.165, 1.54) is 11.3 Å². The van der Waals surface area contributed by atoms with Crippen molar-refractivity contribution in [1.29, 1.82) is 0 Å². The molecule has 0 aliphatic rings. The molecule has 0 unspecified atom stereocenters. The van der Waals surface area contributed by atoms with Gasteiger partial charge in [0.25, 0.3) is 5.91 Å². The number of carbonyl (C=O) groups excluding carboxylic acids is 1. The first-order valence-electron chi connectivity index (χ1n) is 5.60. The Bertz CT molecular complexity index is 654. The molecule has 1 heterocycles. The van der Waals surface area contributed by atoms with Crippen LogP contribution in [-0.4, -0.2) is 22.6 Å². The summed E-state index contributed by atoms with van der Waals surface area (Å²) in [5.74, 6) is 5.36. The molecule has 5 nitrogen and oxygen atoms in total. The third kappa shape index (κ3) is 3.37. The Morgan fingerprint density at radius 1 is 1.42 bits per heavy atom. The van der Waals surface area contributed by atoms with Gasteiger partial charge in [-0.3, -0.25) is 10.1 Å². The fourth-order valence-corrected chi connectivity index (χ4v) is 2.03. The normalized spacial score (nSPS) is 9.58. The maximum absolute atomic E-state index is 12.1. The third-order valence-electron chi connectivity index (χ3n) is 2.24. The monoisotopic (exact) mass is 272 g/mol. The molecular formula is C13H12N4OS. The lowest BCUT2D eigenvalue weighted by atomic mass is 10.1. The molecule has 0 bridgehead atoms.